The van der Waals surface area contributed by atoms with Gasteiger partial charge in [0.1, 0.15) is 5.82 Å². The van der Waals surface area contributed by atoms with Crippen LogP contribution in [0.3, 0.4) is 0 Å². The summed E-state index contributed by atoms with van der Waals surface area (Å²) in [7, 11) is 0. The Labute approximate surface area is 127 Å². The molecule has 0 heterocycles. The van der Waals surface area contributed by atoms with Gasteiger partial charge in [0.2, 0.25) is 0 Å². The predicted molar refractivity (Wildman–Crippen MR) is 86.7 cm³/mol. The molecule has 2 heteroatoms. The molecule has 0 spiro atoms. The van der Waals surface area contributed by atoms with E-state index in [0.717, 1.165) is 12.0 Å². The van der Waals surface area contributed by atoms with Crippen molar-refractivity contribution >= 4 is 0 Å². The van der Waals surface area contributed by atoms with Crippen LogP contribution in [0.5, 0.6) is 0 Å². The van der Waals surface area contributed by atoms with Crippen molar-refractivity contribution in [2.45, 2.75) is 45.2 Å². The summed E-state index contributed by atoms with van der Waals surface area (Å²) < 4.78 is 13.0. The largest absolute Gasteiger partial charge is 0.303 e. The van der Waals surface area contributed by atoms with E-state index in [1.807, 2.05) is 18.2 Å². The van der Waals surface area contributed by atoms with E-state index in [1.165, 1.54) is 30.5 Å². The Bertz CT molecular complexity index is 521. The molecule has 2 rings (SSSR count). The van der Waals surface area contributed by atoms with Crippen LogP contribution in [0.2, 0.25) is 0 Å². The molecule has 0 amide bonds. The Balaban J connectivity index is 2.09. The summed E-state index contributed by atoms with van der Waals surface area (Å²) in [5.74, 6) is -0.184. The molecule has 0 aliphatic carbocycles. The lowest BCUT2D eigenvalue weighted by Gasteiger charge is -2.24. The van der Waals surface area contributed by atoms with E-state index in [9.17, 15) is 4.39 Å². The summed E-state index contributed by atoms with van der Waals surface area (Å²) in [6.45, 7) is 4.35. The highest BCUT2D eigenvalue weighted by atomic mass is 19.1. The van der Waals surface area contributed by atoms with Crippen LogP contribution < -0.4 is 5.32 Å². The molecular weight excluding hydrogens is 261 g/mol. The highest BCUT2D eigenvalue weighted by Crippen LogP contribution is 2.24. The Morgan fingerprint density at radius 1 is 0.952 bits per heavy atom. The van der Waals surface area contributed by atoms with Gasteiger partial charge in [-0.15, -0.1) is 0 Å². The van der Waals surface area contributed by atoms with Gasteiger partial charge in [0.15, 0.2) is 0 Å². The zero-order valence-electron chi connectivity index (χ0n) is 12.9. The molecule has 1 nitrogen and oxygen atoms in total. The zero-order valence-corrected chi connectivity index (χ0v) is 12.9. The maximum atomic E-state index is 13.0. The van der Waals surface area contributed by atoms with Gasteiger partial charge in [-0.3, -0.25) is 0 Å². The first-order valence-corrected chi connectivity index (χ1v) is 7.77. The van der Waals surface area contributed by atoms with Crippen molar-refractivity contribution < 1.29 is 4.39 Å². The molecule has 0 bridgehead atoms. The number of unbranched alkanes of at least 4 members (excludes halogenated alkanes) is 1. The van der Waals surface area contributed by atoms with Gasteiger partial charge in [0, 0.05) is 12.1 Å². The first-order chi connectivity index (χ1) is 10.2. The summed E-state index contributed by atoms with van der Waals surface area (Å²) in [5.41, 5.74) is 2.44. The molecule has 112 valence electrons. The van der Waals surface area contributed by atoms with Crippen LogP contribution in [-0.4, -0.2) is 0 Å². The molecular formula is C19H24FN. The topological polar surface area (TPSA) is 12.0 Å². The third kappa shape index (κ3) is 4.68. The number of halogens is 1. The summed E-state index contributed by atoms with van der Waals surface area (Å²) in [4.78, 5) is 0. The lowest BCUT2D eigenvalue weighted by atomic mass is 9.99. The smallest absolute Gasteiger partial charge is 0.123 e. The van der Waals surface area contributed by atoms with Crippen LogP contribution in [0.4, 0.5) is 4.39 Å². The Kier molecular flexibility index (Phi) is 5.94. The van der Waals surface area contributed by atoms with Gasteiger partial charge >= 0.3 is 0 Å². The summed E-state index contributed by atoms with van der Waals surface area (Å²) in [5, 5.41) is 3.68. The lowest BCUT2D eigenvalue weighted by molar-refractivity contribution is 0.431. The minimum atomic E-state index is -0.184. The van der Waals surface area contributed by atoms with Crippen molar-refractivity contribution in [3.8, 4) is 0 Å². The molecule has 2 atom stereocenters. The number of benzene rings is 2. The summed E-state index contributed by atoms with van der Waals surface area (Å²) >= 11 is 0. The maximum absolute atomic E-state index is 13.0. The molecule has 2 unspecified atom stereocenters. The highest BCUT2D eigenvalue weighted by molar-refractivity contribution is 5.22. The highest BCUT2D eigenvalue weighted by Gasteiger charge is 2.14. The van der Waals surface area contributed by atoms with E-state index < -0.39 is 0 Å². The van der Waals surface area contributed by atoms with Gasteiger partial charge < -0.3 is 5.32 Å². The van der Waals surface area contributed by atoms with Crippen LogP contribution in [0.25, 0.3) is 0 Å². The van der Waals surface area contributed by atoms with Gasteiger partial charge in [-0.25, -0.2) is 4.39 Å². The van der Waals surface area contributed by atoms with Crippen molar-refractivity contribution in [1.29, 1.82) is 0 Å². The second kappa shape index (κ2) is 7.94. The van der Waals surface area contributed by atoms with E-state index in [1.54, 1.807) is 0 Å². The van der Waals surface area contributed by atoms with Crippen LogP contribution in [0.15, 0.2) is 54.6 Å². The Morgan fingerprint density at radius 3 is 2.24 bits per heavy atom. The van der Waals surface area contributed by atoms with E-state index in [0.29, 0.717) is 6.04 Å². The predicted octanol–water partition coefficient (Wildman–Crippen LogP) is 5.41. The third-order valence-electron chi connectivity index (χ3n) is 3.87. The number of nitrogens with one attached hydrogen (secondary N) is 1. The average molecular weight is 285 g/mol. The van der Waals surface area contributed by atoms with Gasteiger partial charge in [0.25, 0.3) is 0 Å². The minimum absolute atomic E-state index is 0.184. The van der Waals surface area contributed by atoms with Gasteiger partial charge in [-0.05, 0) is 36.6 Å². The second-order valence-electron chi connectivity index (χ2n) is 5.55. The molecule has 0 aliphatic rings. The molecule has 0 saturated heterocycles. The molecule has 21 heavy (non-hydrogen) atoms. The summed E-state index contributed by atoms with van der Waals surface area (Å²) in [6.07, 6.45) is 3.50. The van der Waals surface area contributed by atoms with Gasteiger partial charge in [0.05, 0.1) is 0 Å². The first kappa shape index (κ1) is 15.7. The van der Waals surface area contributed by atoms with Crippen molar-refractivity contribution in [1.82, 2.24) is 5.32 Å². The van der Waals surface area contributed by atoms with Crippen LogP contribution in [0.1, 0.15) is 56.3 Å². The Morgan fingerprint density at radius 2 is 1.62 bits per heavy atom. The fourth-order valence-electron chi connectivity index (χ4n) is 2.59. The van der Waals surface area contributed by atoms with E-state index >= 15 is 0 Å². The van der Waals surface area contributed by atoms with Crippen molar-refractivity contribution in [2.24, 2.45) is 0 Å². The van der Waals surface area contributed by atoms with Crippen LogP contribution in [-0.2, 0) is 0 Å². The molecule has 0 aliphatic heterocycles. The minimum Gasteiger partial charge on any atom is -0.303 e. The molecule has 0 aromatic heterocycles. The zero-order chi connectivity index (χ0) is 15.1. The van der Waals surface area contributed by atoms with E-state index in [4.69, 9.17) is 0 Å². The molecule has 2 aromatic carbocycles. The van der Waals surface area contributed by atoms with Crippen molar-refractivity contribution in [2.75, 3.05) is 0 Å². The van der Waals surface area contributed by atoms with Crippen LogP contribution in [0, 0.1) is 5.82 Å². The second-order valence-corrected chi connectivity index (χ2v) is 5.55. The number of hydrogen-bond acceptors (Lipinski definition) is 1. The molecule has 0 saturated carbocycles. The normalized spacial score (nSPS) is 13.9. The Hall–Kier alpha value is -1.67. The van der Waals surface area contributed by atoms with E-state index in [2.05, 4.69) is 43.4 Å². The fraction of sp³-hybridized carbons (Fsp3) is 0.368. The monoisotopic (exact) mass is 285 g/mol. The molecule has 0 fully saturated rings. The number of rotatable bonds is 7. The van der Waals surface area contributed by atoms with Crippen LogP contribution >= 0.6 is 0 Å². The fourth-order valence-corrected chi connectivity index (χ4v) is 2.59. The quantitative estimate of drug-likeness (QED) is 0.717. The van der Waals surface area contributed by atoms with Crippen molar-refractivity contribution in [3.63, 3.8) is 0 Å². The summed E-state index contributed by atoms with van der Waals surface area (Å²) in [6, 6.07) is 17.9. The maximum Gasteiger partial charge on any atom is 0.123 e. The molecule has 0 radical (unpaired) electrons. The third-order valence-corrected chi connectivity index (χ3v) is 3.87. The standard InChI is InChI=1S/C19H24FN/c1-3-4-10-19(17-8-6-5-7-9-17)21-15(2)16-11-13-18(20)14-12-16/h5-9,11-15,19,21H,3-4,10H2,1-2H3. The average Bonchev–Trinajstić information content (AvgIpc) is 2.52. The number of hydrogen-bond donors (Lipinski definition) is 1. The first-order valence-electron chi connectivity index (χ1n) is 7.77. The molecule has 1 N–H and O–H groups in total. The van der Waals surface area contributed by atoms with Gasteiger partial charge in [-0.1, -0.05) is 62.2 Å². The van der Waals surface area contributed by atoms with Crippen molar-refractivity contribution in [3.05, 3.63) is 71.5 Å². The SMILES string of the molecule is CCCCC(NC(C)c1ccc(F)cc1)c1ccccc1. The van der Waals surface area contributed by atoms with E-state index in [-0.39, 0.29) is 11.9 Å². The molecule has 2 aromatic rings. The van der Waals surface area contributed by atoms with Gasteiger partial charge in [-0.2, -0.15) is 0 Å². The lowest BCUT2D eigenvalue weighted by Crippen LogP contribution is -2.24.